The monoisotopic (exact) mass is 147 g/mol. The van der Waals surface area contributed by atoms with Gasteiger partial charge in [-0.15, -0.1) is 0 Å². The van der Waals surface area contributed by atoms with Gasteiger partial charge in [0.05, 0.1) is 6.10 Å². The molecular weight excluding hydrogens is 133 g/mol. The smallest absolute Gasteiger partial charge is 0.127 e. The van der Waals surface area contributed by atoms with Crippen LogP contribution in [0, 0.1) is 0 Å². The summed E-state index contributed by atoms with van der Waals surface area (Å²) in [6.45, 7) is 1.37. The minimum Gasteiger partial charge on any atom is -0.389 e. The fraction of sp³-hybridized carbons (Fsp3) is 1.00. The molecule has 0 radical (unpaired) electrons. The lowest BCUT2D eigenvalue weighted by Gasteiger charge is -2.16. The molecule has 1 heterocycles. The fourth-order valence-electron chi connectivity index (χ4n) is 1.27. The Morgan fingerprint density at radius 1 is 1.60 bits per heavy atom. The number of aliphatic hydroxyl groups excluding tert-OH is 1. The zero-order valence-electron chi connectivity index (χ0n) is 6.26. The maximum atomic E-state index is 12.7. The number of likely N-dealkylation sites (N-methyl/N-ethyl adjacent to an activating group) is 1. The van der Waals surface area contributed by atoms with Crippen molar-refractivity contribution < 1.29 is 9.50 Å². The number of hydrogen-bond acceptors (Lipinski definition) is 2. The molecule has 0 bridgehead atoms. The Hall–Kier alpha value is -0.150. The summed E-state index contributed by atoms with van der Waals surface area (Å²) in [5.74, 6) is 0. The molecule has 1 N–H and O–H groups in total. The summed E-state index contributed by atoms with van der Waals surface area (Å²) >= 11 is 0. The van der Waals surface area contributed by atoms with E-state index in [9.17, 15) is 4.39 Å². The Morgan fingerprint density at radius 2 is 2.30 bits per heavy atom. The first-order valence-electron chi connectivity index (χ1n) is 3.71. The van der Waals surface area contributed by atoms with E-state index in [4.69, 9.17) is 5.11 Å². The molecule has 1 fully saturated rings. The van der Waals surface area contributed by atoms with Crippen molar-refractivity contribution in [1.82, 2.24) is 4.90 Å². The summed E-state index contributed by atoms with van der Waals surface area (Å²) in [5.41, 5.74) is 0. The molecule has 0 amide bonds. The molecule has 10 heavy (non-hydrogen) atoms. The Morgan fingerprint density at radius 3 is 3.00 bits per heavy atom. The Kier molecular flexibility index (Phi) is 2.63. The van der Waals surface area contributed by atoms with Gasteiger partial charge in [-0.1, -0.05) is 0 Å². The topological polar surface area (TPSA) is 23.5 Å². The minimum absolute atomic E-state index is 0.473. The minimum atomic E-state index is -1.01. The summed E-state index contributed by atoms with van der Waals surface area (Å²) in [4.78, 5) is 1.96. The highest BCUT2D eigenvalue weighted by molar-refractivity contribution is 4.75. The zero-order valence-corrected chi connectivity index (χ0v) is 6.26. The molecule has 60 valence electrons. The van der Waals surface area contributed by atoms with Crippen molar-refractivity contribution in [2.45, 2.75) is 25.1 Å². The maximum Gasteiger partial charge on any atom is 0.127 e. The number of halogens is 1. The molecule has 0 aromatic rings. The SMILES string of the molecule is CN1CCC[C@@H](F)[C@@H](O)C1. The van der Waals surface area contributed by atoms with E-state index in [-0.39, 0.29) is 0 Å². The molecule has 2 nitrogen and oxygen atoms in total. The highest BCUT2D eigenvalue weighted by Gasteiger charge is 2.22. The van der Waals surface area contributed by atoms with Crippen LogP contribution in [0.15, 0.2) is 0 Å². The maximum absolute atomic E-state index is 12.7. The van der Waals surface area contributed by atoms with Gasteiger partial charge in [0.25, 0.3) is 0 Å². The van der Waals surface area contributed by atoms with E-state index >= 15 is 0 Å². The van der Waals surface area contributed by atoms with E-state index in [1.54, 1.807) is 0 Å². The molecule has 3 heteroatoms. The Bertz CT molecular complexity index is 110. The highest BCUT2D eigenvalue weighted by atomic mass is 19.1. The summed E-state index contributed by atoms with van der Waals surface area (Å²) in [7, 11) is 1.90. The van der Waals surface area contributed by atoms with Crippen LogP contribution in [0.4, 0.5) is 4.39 Å². The predicted octanol–water partition coefficient (Wildman–Crippen LogP) is 0.411. The van der Waals surface area contributed by atoms with Crippen LogP contribution in [-0.2, 0) is 0 Å². The van der Waals surface area contributed by atoms with Crippen molar-refractivity contribution in [2.75, 3.05) is 20.1 Å². The molecule has 0 spiro atoms. The van der Waals surface area contributed by atoms with Gasteiger partial charge in [-0.3, -0.25) is 0 Å². The first kappa shape index (κ1) is 7.95. The summed E-state index contributed by atoms with van der Waals surface area (Å²) in [5, 5.41) is 9.11. The number of β-amino-alcohol motifs (C(OH)–C–C–N with tert-alkyl or cyclic N) is 1. The average molecular weight is 147 g/mol. The second-order valence-electron chi connectivity index (χ2n) is 2.99. The molecule has 1 aliphatic heterocycles. The van der Waals surface area contributed by atoms with Crippen molar-refractivity contribution >= 4 is 0 Å². The summed E-state index contributed by atoms with van der Waals surface area (Å²) in [6, 6.07) is 0. The van der Waals surface area contributed by atoms with Gasteiger partial charge in [0, 0.05) is 6.54 Å². The average Bonchev–Trinajstić information content (AvgIpc) is 1.96. The largest absolute Gasteiger partial charge is 0.389 e. The number of likely N-dealkylation sites (tertiary alicyclic amines) is 1. The van der Waals surface area contributed by atoms with E-state index in [2.05, 4.69) is 0 Å². The quantitative estimate of drug-likeness (QED) is 0.536. The number of nitrogens with zero attached hydrogens (tertiary/aromatic N) is 1. The van der Waals surface area contributed by atoms with Gasteiger partial charge < -0.3 is 10.0 Å². The van der Waals surface area contributed by atoms with Crippen molar-refractivity contribution in [2.24, 2.45) is 0 Å². The molecule has 1 saturated heterocycles. The molecule has 1 aliphatic rings. The molecular formula is C7H14FNO. The van der Waals surface area contributed by atoms with E-state index < -0.39 is 12.3 Å². The normalized spacial score (nSPS) is 37.5. The van der Waals surface area contributed by atoms with Crippen LogP contribution in [-0.4, -0.2) is 42.4 Å². The van der Waals surface area contributed by atoms with Gasteiger partial charge in [0.15, 0.2) is 0 Å². The van der Waals surface area contributed by atoms with E-state index in [1.165, 1.54) is 0 Å². The van der Waals surface area contributed by atoms with Crippen molar-refractivity contribution in [3.05, 3.63) is 0 Å². The van der Waals surface area contributed by atoms with Crippen LogP contribution < -0.4 is 0 Å². The third-order valence-corrected chi connectivity index (χ3v) is 1.94. The zero-order chi connectivity index (χ0) is 7.56. The number of alkyl halides is 1. The van der Waals surface area contributed by atoms with E-state index in [0.717, 1.165) is 13.0 Å². The van der Waals surface area contributed by atoms with Crippen LogP contribution in [0.2, 0.25) is 0 Å². The van der Waals surface area contributed by atoms with Gasteiger partial charge in [0.2, 0.25) is 0 Å². The second-order valence-corrected chi connectivity index (χ2v) is 2.99. The molecule has 0 aliphatic carbocycles. The van der Waals surface area contributed by atoms with Crippen LogP contribution in [0.1, 0.15) is 12.8 Å². The fourth-order valence-corrected chi connectivity index (χ4v) is 1.27. The van der Waals surface area contributed by atoms with Gasteiger partial charge >= 0.3 is 0 Å². The molecule has 0 saturated carbocycles. The predicted molar refractivity (Wildman–Crippen MR) is 37.6 cm³/mol. The van der Waals surface area contributed by atoms with Crippen LogP contribution in [0.25, 0.3) is 0 Å². The van der Waals surface area contributed by atoms with Gasteiger partial charge in [0.1, 0.15) is 6.17 Å². The van der Waals surface area contributed by atoms with Crippen molar-refractivity contribution in [3.8, 4) is 0 Å². The standard InChI is InChI=1S/C7H14FNO/c1-9-4-2-3-6(8)7(10)5-9/h6-7,10H,2-5H2,1H3/t6-,7+/m1/s1. The molecule has 0 aromatic heterocycles. The van der Waals surface area contributed by atoms with E-state index in [1.807, 2.05) is 11.9 Å². The number of aliphatic hydroxyl groups is 1. The number of rotatable bonds is 0. The lowest BCUT2D eigenvalue weighted by molar-refractivity contribution is 0.0629. The first-order valence-corrected chi connectivity index (χ1v) is 3.71. The summed E-state index contributed by atoms with van der Waals surface area (Å²) < 4.78 is 12.7. The molecule has 0 unspecified atom stereocenters. The lowest BCUT2D eigenvalue weighted by Crippen LogP contribution is -2.31. The Balaban J connectivity index is 2.41. The summed E-state index contributed by atoms with van der Waals surface area (Å²) in [6.07, 6.45) is -0.419. The van der Waals surface area contributed by atoms with E-state index in [0.29, 0.717) is 13.0 Å². The van der Waals surface area contributed by atoms with Crippen molar-refractivity contribution in [3.63, 3.8) is 0 Å². The second kappa shape index (κ2) is 3.30. The Labute approximate surface area is 60.6 Å². The highest BCUT2D eigenvalue weighted by Crippen LogP contribution is 2.12. The van der Waals surface area contributed by atoms with Crippen LogP contribution in [0.5, 0.6) is 0 Å². The number of hydrogen-bond donors (Lipinski definition) is 1. The van der Waals surface area contributed by atoms with Gasteiger partial charge in [-0.25, -0.2) is 4.39 Å². The van der Waals surface area contributed by atoms with Gasteiger partial charge in [-0.05, 0) is 26.4 Å². The first-order chi connectivity index (χ1) is 4.70. The van der Waals surface area contributed by atoms with Crippen LogP contribution in [0.3, 0.4) is 0 Å². The third kappa shape index (κ3) is 1.92. The molecule has 1 rings (SSSR count). The third-order valence-electron chi connectivity index (χ3n) is 1.94. The van der Waals surface area contributed by atoms with Crippen LogP contribution >= 0.6 is 0 Å². The van der Waals surface area contributed by atoms with Gasteiger partial charge in [-0.2, -0.15) is 0 Å². The molecule has 0 aromatic carbocycles. The van der Waals surface area contributed by atoms with Crippen molar-refractivity contribution in [1.29, 1.82) is 0 Å². The lowest BCUT2D eigenvalue weighted by atomic mass is 10.1. The molecule has 2 atom stereocenters.